The van der Waals surface area contributed by atoms with Crippen LogP contribution in [0.4, 0.5) is 0 Å². The molecule has 24 heavy (non-hydrogen) atoms. The molecular weight excluding hydrogens is 326 g/mol. The predicted octanol–water partition coefficient (Wildman–Crippen LogP) is -3.71. The van der Waals surface area contributed by atoms with E-state index in [1.54, 1.807) is 6.92 Å². The number of rotatable bonds is 5. The molecule has 0 spiro atoms. The maximum Gasteiger partial charge on any atom is 0.187 e. The lowest BCUT2D eigenvalue weighted by Crippen LogP contribution is -2.65. The molecule has 2 aliphatic rings. The number of hydrogen-bond acceptors (Lipinski definition) is 10. The van der Waals surface area contributed by atoms with Crippen molar-refractivity contribution in [3.63, 3.8) is 0 Å². The van der Waals surface area contributed by atoms with Gasteiger partial charge in [-0.05, 0) is 6.92 Å². The molecule has 10 atom stereocenters. The Morgan fingerprint density at radius 3 is 2.04 bits per heavy atom. The summed E-state index contributed by atoms with van der Waals surface area (Å²) < 4.78 is 21.5. The van der Waals surface area contributed by atoms with Crippen molar-refractivity contribution in [2.24, 2.45) is 5.73 Å². The molecule has 0 aromatic rings. The summed E-state index contributed by atoms with van der Waals surface area (Å²) in [6.07, 6.45) is -9.71. The molecule has 4 unspecified atom stereocenters. The van der Waals surface area contributed by atoms with Crippen molar-refractivity contribution >= 4 is 0 Å². The lowest BCUT2D eigenvalue weighted by atomic mass is 9.93. The van der Waals surface area contributed by atoms with Gasteiger partial charge in [-0.1, -0.05) is 0 Å². The van der Waals surface area contributed by atoms with Crippen LogP contribution in [0.1, 0.15) is 6.92 Å². The summed E-state index contributed by atoms with van der Waals surface area (Å²) in [6.45, 7) is 0.758. The third kappa shape index (κ3) is 3.73. The van der Waals surface area contributed by atoms with E-state index in [1.165, 1.54) is 7.11 Å². The SMILES string of the molecule is CO[C@@H]1C(CO)O[C@@H](O[C@H]2C(O)C(N)[C@H](C)O[C@H]2CO)C(O)[C@H]1O. The Morgan fingerprint density at radius 1 is 0.917 bits per heavy atom. The molecular formula is C14H27NO9. The van der Waals surface area contributed by atoms with Crippen molar-refractivity contribution in [1.29, 1.82) is 0 Å². The van der Waals surface area contributed by atoms with Gasteiger partial charge in [-0.3, -0.25) is 0 Å². The monoisotopic (exact) mass is 353 g/mol. The molecule has 0 aromatic heterocycles. The first kappa shape index (κ1) is 19.9. The van der Waals surface area contributed by atoms with Crippen molar-refractivity contribution < 1.29 is 44.5 Å². The van der Waals surface area contributed by atoms with Crippen LogP contribution in [0.15, 0.2) is 0 Å². The largest absolute Gasteiger partial charge is 0.394 e. The van der Waals surface area contributed by atoms with Crippen LogP contribution in [-0.4, -0.2) is 107 Å². The topological polar surface area (TPSA) is 164 Å². The summed E-state index contributed by atoms with van der Waals surface area (Å²) in [7, 11) is 1.31. The van der Waals surface area contributed by atoms with Crippen molar-refractivity contribution in [1.82, 2.24) is 0 Å². The number of aliphatic hydroxyl groups excluding tert-OH is 5. The smallest absolute Gasteiger partial charge is 0.187 e. The molecule has 0 aliphatic carbocycles. The van der Waals surface area contributed by atoms with Crippen LogP contribution in [-0.2, 0) is 18.9 Å². The normalized spacial score (nSPS) is 50.0. The van der Waals surface area contributed by atoms with Crippen molar-refractivity contribution in [2.45, 2.75) is 68.1 Å². The van der Waals surface area contributed by atoms with Gasteiger partial charge in [-0.25, -0.2) is 0 Å². The zero-order valence-corrected chi connectivity index (χ0v) is 13.6. The van der Waals surface area contributed by atoms with Gasteiger partial charge in [0.15, 0.2) is 6.29 Å². The number of ether oxygens (including phenoxy) is 4. The van der Waals surface area contributed by atoms with Gasteiger partial charge in [0.25, 0.3) is 0 Å². The van der Waals surface area contributed by atoms with Crippen LogP contribution < -0.4 is 5.73 Å². The lowest BCUT2D eigenvalue weighted by Gasteiger charge is -2.46. The average Bonchev–Trinajstić information content (AvgIpc) is 2.58. The van der Waals surface area contributed by atoms with E-state index in [0.717, 1.165) is 0 Å². The predicted molar refractivity (Wildman–Crippen MR) is 78.8 cm³/mol. The Labute approximate surface area is 139 Å². The first-order chi connectivity index (χ1) is 11.3. The molecule has 0 saturated carbocycles. The highest BCUT2D eigenvalue weighted by atomic mass is 16.7. The summed E-state index contributed by atoms with van der Waals surface area (Å²) in [5.41, 5.74) is 5.84. The fourth-order valence-corrected chi connectivity index (χ4v) is 3.09. The second-order valence-corrected chi connectivity index (χ2v) is 6.14. The maximum absolute atomic E-state index is 10.3. The van der Waals surface area contributed by atoms with Crippen LogP contribution in [0, 0.1) is 0 Å². The summed E-state index contributed by atoms with van der Waals surface area (Å²) in [5.74, 6) is 0. The Kier molecular flexibility index (Phi) is 6.90. The molecule has 2 rings (SSSR count). The number of hydrogen-bond donors (Lipinski definition) is 6. The second kappa shape index (κ2) is 8.32. The Morgan fingerprint density at radius 2 is 1.50 bits per heavy atom. The molecule has 142 valence electrons. The van der Waals surface area contributed by atoms with Gasteiger partial charge in [0.1, 0.15) is 42.7 Å². The highest BCUT2D eigenvalue weighted by Gasteiger charge is 2.49. The molecule has 2 saturated heterocycles. The molecule has 0 aromatic carbocycles. The third-order valence-corrected chi connectivity index (χ3v) is 4.59. The highest BCUT2D eigenvalue weighted by molar-refractivity contribution is 4.96. The van der Waals surface area contributed by atoms with Crippen molar-refractivity contribution in [3.8, 4) is 0 Å². The number of nitrogens with two attached hydrogens (primary N) is 1. The lowest BCUT2D eigenvalue weighted by molar-refractivity contribution is -0.337. The third-order valence-electron chi connectivity index (χ3n) is 4.59. The van der Waals surface area contributed by atoms with E-state index in [-0.39, 0.29) is 0 Å². The molecule has 10 nitrogen and oxygen atoms in total. The van der Waals surface area contributed by atoms with Gasteiger partial charge in [0.05, 0.1) is 25.4 Å². The molecule has 2 fully saturated rings. The van der Waals surface area contributed by atoms with Gasteiger partial charge in [-0.2, -0.15) is 0 Å². The van der Waals surface area contributed by atoms with Crippen molar-refractivity contribution in [2.75, 3.05) is 20.3 Å². The van der Waals surface area contributed by atoms with E-state index >= 15 is 0 Å². The fraction of sp³-hybridized carbons (Fsp3) is 1.00. The standard InChI is InChI=1S/C14H27NO9/c1-5-8(15)9(18)13(7(4-17)22-5)24-14-11(20)10(19)12(21-2)6(3-16)23-14/h5-14,16-20H,3-4,15H2,1-2H3/t5-,6?,7-,8?,9?,10+,11?,12+,13+,14-/m0/s1. The summed E-state index contributed by atoms with van der Waals surface area (Å²) >= 11 is 0. The maximum atomic E-state index is 10.3. The van der Waals surface area contributed by atoms with Crippen LogP contribution in [0.2, 0.25) is 0 Å². The van der Waals surface area contributed by atoms with Gasteiger partial charge >= 0.3 is 0 Å². The molecule has 0 bridgehead atoms. The van der Waals surface area contributed by atoms with Crippen molar-refractivity contribution in [3.05, 3.63) is 0 Å². The summed E-state index contributed by atoms with van der Waals surface area (Å²) in [5, 5.41) is 49.4. The van der Waals surface area contributed by atoms with Gasteiger partial charge < -0.3 is 50.2 Å². The van der Waals surface area contributed by atoms with Crippen LogP contribution >= 0.6 is 0 Å². The van der Waals surface area contributed by atoms with E-state index < -0.39 is 74.4 Å². The Balaban J connectivity index is 2.12. The molecule has 2 aliphatic heterocycles. The molecule has 0 radical (unpaired) electrons. The zero-order chi connectivity index (χ0) is 18.0. The van der Waals surface area contributed by atoms with Gasteiger partial charge in [0.2, 0.25) is 0 Å². The molecule has 2 heterocycles. The minimum atomic E-state index is -1.49. The average molecular weight is 353 g/mol. The second-order valence-electron chi connectivity index (χ2n) is 6.14. The minimum absolute atomic E-state index is 0.436. The quantitative estimate of drug-likeness (QED) is 0.290. The van der Waals surface area contributed by atoms with Crippen LogP contribution in [0.3, 0.4) is 0 Å². The molecule has 10 heteroatoms. The number of methoxy groups -OCH3 is 1. The van der Waals surface area contributed by atoms with E-state index in [1.807, 2.05) is 0 Å². The summed E-state index contributed by atoms with van der Waals surface area (Å²) in [4.78, 5) is 0. The Bertz CT molecular complexity index is 396. The van der Waals surface area contributed by atoms with E-state index in [9.17, 15) is 25.5 Å². The fourth-order valence-electron chi connectivity index (χ4n) is 3.09. The molecule has 0 amide bonds. The van der Waals surface area contributed by atoms with E-state index in [4.69, 9.17) is 24.7 Å². The van der Waals surface area contributed by atoms with Crippen LogP contribution in [0.25, 0.3) is 0 Å². The first-order valence-electron chi connectivity index (χ1n) is 7.86. The van der Waals surface area contributed by atoms with Crippen LogP contribution in [0.5, 0.6) is 0 Å². The van der Waals surface area contributed by atoms with E-state index in [0.29, 0.717) is 0 Å². The zero-order valence-electron chi connectivity index (χ0n) is 13.6. The summed E-state index contributed by atoms with van der Waals surface area (Å²) in [6, 6.07) is -0.760. The first-order valence-corrected chi connectivity index (χ1v) is 7.86. The molecule has 7 N–H and O–H groups in total. The Hall–Kier alpha value is -0.400. The minimum Gasteiger partial charge on any atom is -0.394 e. The van der Waals surface area contributed by atoms with E-state index in [2.05, 4.69) is 0 Å². The highest BCUT2D eigenvalue weighted by Crippen LogP contribution is 2.29. The number of aliphatic hydroxyl groups is 5. The van der Waals surface area contributed by atoms with Gasteiger partial charge in [-0.15, -0.1) is 0 Å². The van der Waals surface area contributed by atoms with Gasteiger partial charge in [0, 0.05) is 7.11 Å².